The number of aryl methyl sites for hydroxylation is 1. The van der Waals surface area contributed by atoms with Crippen LogP contribution in [0.3, 0.4) is 0 Å². The van der Waals surface area contributed by atoms with Crippen molar-refractivity contribution in [1.82, 2.24) is 14.8 Å². The maximum Gasteiger partial charge on any atom is 0.256 e. The van der Waals surface area contributed by atoms with E-state index in [1.807, 2.05) is 50.2 Å². The van der Waals surface area contributed by atoms with Gasteiger partial charge in [-0.15, -0.1) is 0 Å². The summed E-state index contributed by atoms with van der Waals surface area (Å²) in [5, 5.41) is 5.79. The third-order valence-corrected chi connectivity index (χ3v) is 6.86. The molecule has 0 bridgehead atoms. The minimum atomic E-state index is -0.242. The number of benzene rings is 3. The molecule has 1 aliphatic heterocycles. The number of ether oxygens (including phenoxy) is 1. The summed E-state index contributed by atoms with van der Waals surface area (Å²) >= 11 is 0. The molecule has 42 heavy (non-hydrogen) atoms. The Balaban J connectivity index is 1.27. The molecule has 4 aromatic rings. The van der Waals surface area contributed by atoms with Gasteiger partial charge in [0.1, 0.15) is 11.5 Å². The van der Waals surface area contributed by atoms with E-state index in [9.17, 15) is 14.4 Å². The van der Waals surface area contributed by atoms with E-state index in [0.29, 0.717) is 51.8 Å². The molecule has 0 saturated heterocycles. The van der Waals surface area contributed by atoms with Gasteiger partial charge in [-0.2, -0.15) is 0 Å². The summed E-state index contributed by atoms with van der Waals surface area (Å²) < 4.78 is 6.05. The molecule has 214 valence electrons. The number of nitrogens with one attached hydrogen (secondary N) is 3. The van der Waals surface area contributed by atoms with E-state index in [2.05, 4.69) is 15.6 Å². The molecule has 2 heterocycles. The zero-order chi connectivity index (χ0) is 29.8. The first kappa shape index (κ1) is 28.4. The fraction of sp³-hybridized carbons (Fsp3) is 0.182. The number of carbonyl (C=O) groups is 3. The van der Waals surface area contributed by atoms with Gasteiger partial charge in [0.05, 0.1) is 16.8 Å². The molecule has 9 heteroatoms. The first-order valence-electron chi connectivity index (χ1n) is 13.6. The summed E-state index contributed by atoms with van der Waals surface area (Å²) in [5.74, 6) is 0.538. The summed E-state index contributed by atoms with van der Waals surface area (Å²) in [5.41, 5.74) is 5.22. The number of amides is 3. The summed E-state index contributed by atoms with van der Waals surface area (Å²) in [6.45, 7) is 3.32. The smallest absolute Gasteiger partial charge is 0.256 e. The van der Waals surface area contributed by atoms with E-state index in [1.165, 1.54) is 0 Å². The molecule has 1 aromatic heterocycles. The van der Waals surface area contributed by atoms with E-state index < -0.39 is 0 Å². The van der Waals surface area contributed by atoms with Gasteiger partial charge in [-0.25, -0.2) is 0 Å². The monoisotopic (exact) mass is 563 g/mol. The summed E-state index contributed by atoms with van der Waals surface area (Å²) in [6, 6.07) is 21.6. The lowest BCUT2D eigenvalue weighted by molar-refractivity contribution is -0.110. The average molecular weight is 564 g/mol. The van der Waals surface area contributed by atoms with Crippen molar-refractivity contribution in [2.45, 2.75) is 6.92 Å². The van der Waals surface area contributed by atoms with Crippen LogP contribution < -0.4 is 15.4 Å². The molecule has 9 nitrogen and oxygen atoms in total. The molecular weight excluding hydrogens is 530 g/mol. The molecule has 3 N–H and O–H groups in total. The number of anilines is 2. The Kier molecular flexibility index (Phi) is 8.21. The predicted molar refractivity (Wildman–Crippen MR) is 165 cm³/mol. The predicted octanol–water partition coefficient (Wildman–Crippen LogP) is 5.49. The van der Waals surface area contributed by atoms with Crippen LogP contribution in [0.5, 0.6) is 11.5 Å². The lowest BCUT2D eigenvalue weighted by Gasteiger charge is -2.18. The summed E-state index contributed by atoms with van der Waals surface area (Å²) in [6.07, 6.45) is 3.39. The quantitative estimate of drug-likeness (QED) is 0.233. The van der Waals surface area contributed by atoms with E-state index in [-0.39, 0.29) is 17.7 Å². The second-order valence-corrected chi connectivity index (χ2v) is 10.5. The van der Waals surface area contributed by atoms with Gasteiger partial charge in [0.25, 0.3) is 17.7 Å². The highest BCUT2D eigenvalue weighted by Gasteiger charge is 2.25. The number of nitrogens with zero attached hydrogens (tertiary/aromatic N) is 2. The minimum absolute atomic E-state index is 0.0883. The van der Waals surface area contributed by atoms with Crippen molar-refractivity contribution in [3.8, 4) is 11.5 Å². The van der Waals surface area contributed by atoms with Crippen molar-refractivity contribution in [3.63, 3.8) is 0 Å². The zero-order valence-corrected chi connectivity index (χ0v) is 24.0. The van der Waals surface area contributed by atoms with Crippen LogP contribution in [0.2, 0.25) is 0 Å². The molecule has 0 atom stereocenters. The largest absolute Gasteiger partial charge is 0.457 e. The minimum Gasteiger partial charge on any atom is -0.457 e. The highest BCUT2D eigenvalue weighted by Crippen LogP contribution is 2.37. The van der Waals surface area contributed by atoms with Crippen molar-refractivity contribution < 1.29 is 19.1 Å². The number of rotatable bonds is 9. The highest BCUT2D eigenvalue weighted by atomic mass is 16.5. The van der Waals surface area contributed by atoms with Crippen molar-refractivity contribution >= 4 is 40.7 Å². The molecule has 0 unspecified atom stereocenters. The fourth-order valence-electron chi connectivity index (χ4n) is 4.59. The topological polar surface area (TPSA) is 107 Å². The number of hydrogen-bond donors (Lipinski definition) is 3. The Morgan fingerprint density at radius 3 is 2.48 bits per heavy atom. The Bertz CT molecular complexity index is 1690. The van der Waals surface area contributed by atoms with Crippen molar-refractivity contribution in [3.05, 3.63) is 107 Å². The molecule has 0 aliphatic carbocycles. The van der Waals surface area contributed by atoms with Crippen LogP contribution in [0, 0.1) is 6.92 Å². The number of aromatic amines is 1. The first-order valence-corrected chi connectivity index (χ1v) is 13.6. The molecule has 0 spiro atoms. The molecular formula is C33H33N5O4. The maximum absolute atomic E-state index is 12.8. The van der Waals surface area contributed by atoms with Crippen LogP contribution in [0.15, 0.2) is 79.0 Å². The molecule has 0 radical (unpaired) electrons. The highest BCUT2D eigenvalue weighted by molar-refractivity contribution is 6.35. The Morgan fingerprint density at radius 1 is 0.905 bits per heavy atom. The van der Waals surface area contributed by atoms with Gasteiger partial charge in [-0.1, -0.05) is 23.8 Å². The van der Waals surface area contributed by atoms with Crippen molar-refractivity contribution in [2.24, 2.45) is 0 Å². The molecule has 1 aliphatic rings. The number of aromatic nitrogens is 1. The van der Waals surface area contributed by atoms with Crippen LogP contribution in [-0.2, 0) is 4.79 Å². The maximum atomic E-state index is 12.8. The van der Waals surface area contributed by atoms with Crippen LogP contribution in [-0.4, -0.2) is 66.7 Å². The van der Waals surface area contributed by atoms with Gasteiger partial charge in [0.2, 0.25) is 0 Å². The van der Waals surface area contributed by atoms with E-state index in [4.69, 9.17) is 4.74 Å². The second-order valence-electron chi connectivity index (χ2n) is 10.5. The van der Waals surface area contributed by atoms with Gasteiger partial charge < -0.3 is 30.2 Å². The Hall–Kier alpha value is -5.15. The van der Waals surface area contributed by atoms with Crippen molar-refractivity contribution in [1.29, 1.82) is 0 Å². The zero-order valence-electron chi connectivity index (χ0n) is 24.0. The van der Waals surface area contributed by atoms with E-state index >= 15 is 0 Å². The summed E-state index contributed by atoms with van der Waals surface area (Å²) in [4.78, 5) is 45.0. The van der Waals surface area contributed by atoms with Crippen LogP contribution in [0.4, 0.5) is 11.4 Å². The third kappa shape index (κ3) is 6.59. The fourth-order valence-corrected chi connectivity index (χ4v) is 4.59. The number of likely N-dealkylation sites (N-methyl/N-ethyl adjacent to an activating group) is 2. The lowest BCUT2D eigenvalue weighted by atomic mass is 10.1. The Labute approximate surface area is 244 Å². The number of carbonyl (C=O) groups excluding carboxylic acids is 3. The van der Waals surface area contributed by atoms with Crippen LogP contribution in [0.1, 0.15) is 37.5 Å². The van der Waals surface area contributed by atoms with Crippen LogP contribution >= 0.6 is 0 Å². The summed E-state index contributed by atoms with van der Waals surface area (Å²) in [7, 11) is 5.70. The number of fused-ring (bicyclic) bond motifs is 1. The first-order chi connectivity index (χ1) is 20.2. The van der Waals surface area contributed by atoms with Gasteiger partial charge in [-0.3, -0.25) is 14.4 Å². The molecule has 0 saturated carbocycles. The second kappa shape index (κ2) is 12.2. The van der Waals surface area contributed by atoms with Crippen molar-refractivity contribution in [2.75, 3.05) is 44.9 Å². The molecule has 3 aromatic carbocycles. The molecule has 0 fully saturated rings. The van der Waals surface area contributed by atoms with Gasteiger partial charge >= 0.3 is 0 Å². The van der Waals surface area contributed by atoms with E-state index in [0.717, 1.165) is 17.7 Å². The standard InChI is InChI=1S/C33H33N5O4/c1-21-7-5-8-22(15-21)31(39)35-24-9-6-10-26(17-24)42-27-11-12-28-29(32(40)36-30(28)19-27)18-25-16-23(20-34-25)33(41)38(4)14-13-37(2)3/h5-12,15-20,34H,13-14H2,1-4H3,(H,35,39)(H,36,40). The van der Waals surface area contributed by atoms with Crippen LogP contribution in [0.25, 0.3) is 11.6 Å². The molecule has 3 amide bonds. The normalized spacial score (nSPS) is 13.2. The number of hydrogen-bond acceptors (Lipinski definition) is 5. The average Bonchev–Trinajstić information content (AvgIpc) is 3.55. The molecule has 5 rings (SSSR count). The van der Waals surface area contributed by atoms with Gasteiger partial charge in [0.15, 0.2) is 0 Å². The number of H-pyrrole nitrogens is 1. The van der Waals surface area contributed by atoms with Gasteiger partial charge in [-0.05, 0) is 69.6 Å². The van der Waals surface area contributed by atoms with E-state index in [1.54, 1.807) is 72.8 Å². The van der Waals surface area contributed by atoms with Gasteiger partial charge in [0, 0.05) is 61.0 Å². The SMILES string of the molecule is Cc1cccc(C(=O)Nc2cccc(Oc3ccc4c(c3)NC(=O)C4=Cc3cc(C(=O)N(C)CCN(C)C)c[nH]3)c2)c1. The Morgan fingerprint density at radius 2 is 1.69 bits per heavy atom. The third-order valence-electron chi connectivity index (χ3n) is 6.86. The lowest BCUT2D eigenvalue weighted by Crippen LogP contribution is -2.33.